The lowest BCUT2D eigenvalue weighted by Crippen LogP contribution is -2.23. The first-order valence-corrected chi connectivity index (χ1v) is 22.1. The van der Waals surface area contributed by atoms with Gasteiger partial charge in [0.15, 0.2) is 0 Å². The highest BCUT2D eigenvalue weighted by atomic mass is 32.2. The number of carbonyl (C=O) groups excluding carboxylic acids is 2. The summed E-state index contributed by atoms with van der Waals surface area (Å²) in [5.74, 6) is -1.31. The van der Waals surface area contributed by atoms with Gasteiger partial charge in [-0.1, -0.05) is 36.4 Å². The summed E-state index contributed by atoms with van der Waals surface area (Å²) in [5.41, 5.74) is 2.53. The fourth-order valence-electron chi connectivity index (χ4n) is 5.63. The summed E-state index contributed by atoms with van der Waals surface area (Å²) in [6.07, 6.45) is 4.81. The van der Waals surface area contributed by atoms with Crippen LogP contribution in [0.2, 0.25) is 0 Å². The molecule has 0 aliphatic heterocycles. The number of halogens is 3. The summed E-state index contributed by atoms with van der Waals surface area (Å²) in [6.45, 7) is 0.428. The van der Waals surface area contributed by atoms with Crippen LogP contribution in [0.15, 0.2) is 159 Å². The number of aromatic nitrogens is 4. The number of hydrogen-bond donors (Lipinski definition) is 2. The highest BCUT2D eigenvalue weighted by molar-refractivity contribution is 7.93. The quantitative estimate of drug-likeness (QED) is 0.132. The van der Waals surface area contributed by atoms with Gasteiger partial charge in [0, 0.05) is 55.7 Å². The van der Waals surface area contributed by atoms with Gasteiger partial charge in [-0.05, 0) is 77.2 Å². The summed E-state index contributed by atoms with van der Waals surface area (Å²) in [6, 6.07) is 23.5. The normalized spacial score (nSPS) is 11.8. The largest absolute Gasteiger partial charge is 0.573 e. The Morgan fingerprint density at radius 2 is 1.42 bits per heavy atom. The van der Waals surface area contributed by atoms with Gasteiger partial charge in [-0.2, -0.15) is 0 Å². The molecule has 3 aromatic carbocycles. The maximum atomic E-state index is 12.9. The van der Waals surface area contributed by atoms with Crippen LogP contribution in [-0.2, 0) is 32.8 Å². The van der Waals surface area contributed by atoms with E-state index in [-0.39, 0.29) is 32.5 Å². The first-order chi connectivity index (χ1) is 28.7. The molecular weight excluding hydrogens is 862 g/mol. The van der Waals surface area contributed by atoms with E-state index in [0.717, 1.165) is 39.1 Å². The molecule has 0 radical (unpaired) electrons. The summed E-state index contributed by atoms with van der Waals surface area (Å²) < 4.78 is 95.1. The van der Waals surface area contributed by atoms with Crippen molar-refractivity contribution in [3.8, 4) is 5.75 Å². The Balaban J connectivity index is 0.000000185. The van der Waals surface area contributed by atoms with E-state index in [1.54, 1.807) is 65.0 Å². The molecule has 5 aromatic heterocycles. The predicted molar refractivity (Wildman–Crippen MR) is 216 cm³/mol. The molecule has 8 aromatic rings. The number of amides is 2. The topological polar surface area (TPSA) is 179 Å². The smallest absolute Gasteiger partial charge is 0.404 e. The fraction of sp³-hybridized carbons (Fsp3) is 0.0750. The molecule has 0 atom stereocenters. The molecule has 0 fully saturated rings. The lowest BCUT2D eigenvalue weighted by atomic mass is 10.2. The number of rotatable bonds is 11. The van der Waals surface area contributed by atoms with Gasteiger partial charge in [-0.25, -0.2) is 26.8 Å². The maximum Gasteiger partial charge on any atom is 0.573 e. The van der Waals surface area contributed by atoms with Crippen LogP contribution in [0.1, 0.15) is 31.2 Å². The number of benzene rings is 3. The Bertz CT molecular complexity index is 2990. The number of imidazole rings is 1. The second-order valence-electron chi connectivity index (χ2n) is 12.6. The van der Waals surface area contributed by atoms with E-state index < -0.39 is 36.7 Å². The average Bonchev–Trinajstić information content (AvgIpc) is 4.04. The van der Waals surface area contributed by atoms with Gasteiger partial charge in [-0.15, -0.1) is 35.8 Å². The number of thiazole rings is 1. The van der Waals surface area contributed by atoms with Crippen molar-refractivity contribution in [2.24, 2.45) is 0 Å². The second kappa shape index (κ2) is 17.4. The molecule has 306 valence electrons. The molecule has 0 aliphatic carbocycles. The molecule has 0 unspecified atom stereocenters. The van der Waals surface area contributed by atoms with Gasteiger partial charge in [0.1, 0.15) is 16.3 Å². The number of fused-ring (bicyclic) bond motifs is 2. The number of para-hydroxylation sites is 1. The predicted octanol–water partition coefficient (Wildman–Crippen LogP) is 7.51. The SMILES string of the molecule is O=C(NCc1ccc(S(=O)(=O)c2ccccc2OC(F)(F)F)cc1)c1ccc2nccn2c1.O=C(NCc1ccc(S(=O)(=O)c2nccs2)cc1)c1cc2ccncc2s1. The molecular formula is C40H29F3N6O7S4. The summed E-state index contributed by atoms with van der Waals surface area (Å²) in [4.78, 5) is 36.8. The number of thiophene rings is 1. The molecule has 20 heteroatoms. The summed E-state index contributed by atoms with van der Waals surface area (Å²) in [7, 11) is -7.86. The van der Waals surface area contributed by atoms with Crippen molar-refractivity contribution in [2.45, 2.75) is 38.5 Å². The van der Waals surface area contributed by atoms with Gasteiger partial charge >= 0.3 is 6.36 Å². The molecule has 0 aliphatic rings. The number of hydrogen-bond acceptors (Lipinski definition) is 12. The molecule has 5 heterocycles. The zero-order valence-electron chi connectivity index (χ0n) is 30.6. The fourth-order valence-corrected chi connectivity index (χ4v) is 10.2. The van der Waals surface area contributed by atoms with Crippen molar-refractivity contribution in [1.29, 1.82) is 0 Å². The van der Waals surface area contributed by atoms with Gasteiger partial charge in [-0.3, -0.25) is 14.6 Å². The standard InChI is InChI=1S/C22H16F3N3O4S.C18H13N3O3S3/c23-22(24,25)32-18-3-1-2-4-19(18)33(30,31)17-8-5-15(6-9-17)13-27-21(29)16-7-10-20-26-11-12-28(20)14-16;22-17(15-9-13-5-6-19-11-16(13)26-15)21-10-12-1-3-14(4-2-12)27(23,24)18-20-7-8-25-18/h1-12,14H,13H2,(H,27,29);1-9,11H,10H2,(H,21,22). The Morgan fingerprint density at radius 3 is 2.07 bits per heavy atom. The van der Waals surface area contributed by atoms with Crippen molar-refractivity contribution in [3.63, 3.8) is 0 Å². The van der Waals surface area contributed by atoms with Crippen molar-refractivity contribution < 1.29 is 44.3 Å². The van der Waals surface area contributed by atoms with Crippen LogP contribution in [0.4, 0.5) is 13.2 Å². The third kappa shape index (κ3) is 9.69. The lowest BCUT2D eigenvalue weighted by molar-refractivity contribution is -0.275. The highest BCUT2D eigenvalue weighted by Crippen LogP contribution is 2.33. The van der Waals surface area contributed by atoms with E-state index in [1.807, 2.05) is 12.1 Å². The molecule has 2 N–H and O–H groups in total. The average molecular weight is 891 g/mol. The maximum absolute atomic E-state index is 12.9. The van der Waals surface area contributed by atoms with Crippen LogP contribution in [0, 0.1) is 0 Å². The van der Waals surface area contributed by atoms with E-state index in [9.17, 15) is 39.6 Å². The minimum Gasteiger partial charge on any atom is -0.404 e. The minimum atomic E-state index is -5.03. The monoisotopic (exact) mass is 890 g/mol. The third-order valence-corrected chi connectivity index (χ3v) is 14.4. The molecule has 0 bridgehead atoms. The number of ether oxygens (including phenoxy) is 1. The molecule has 0 spiro atoms. The van der Waals surface area contributed by atoms with Crippen LogP contribution in [0.25, 0.3) is 15.7 Å². The lowest BCUT2D eigenvalue weighted by Gasteiger charge is -2.13. The zero-order chi connectivity index (χ0) is 42.5. The van der Waals surface area contributed by atoms with Crippen LogP contribution < -0.4 is 15.4 Å². The highest BCUT2D eigenvalue weighted by Gasteiger charge is 2.34. The van der Waals surface area contributed by atoms with Crippen LogP contribution >= 0.6 is 22.7 Å². The molecule has 60 heavy (non-hydrogen) atoms. The summed E-state index contributed by atoms with van der Waals surface area (Å²) >= 11 is 2.47. The number of alkyl halides is 3. The van der Waals surface area contributed by atoms with Crippen molar-refractivity contribution >= 4 is 69.9 Å². The zero-order valence-corrected chi connectivity index (χ0v) is 33.9. The van der Waals surface area contributed by atoms with E-state index in [2.05, 4.69) is 30.3 Å². The van der Waals surface area contributed by atoms with Crippen molar-refractivity contribution in [2.75, 3.05) is 0 Å². The van der Waals surface area contributed by atoms with E-state index in [0.29, 0.717) is 28.2 Å². The van der Waals surface area contributed by atoms with Gasteiger partial charge in [0.2, 0.25) is 24.0 Å². The Morgan fingerprint density at radius 1 is 0.750 bits per heavy atom. The van der Waals surface area contributed by atoms with Crippen molar-refractivity contribution in [3.05, 3.63) is 161 Å². The van der Waals surface area contributed by atoms with Crippen LogP contribution in [0.5, 0.6) is 5.75 Å². The van der Waals surface area contributed by atoms with Gasteiger partial charge in [0.25, 0.3) is 11.8 Å². The first kappa shape index (κ1) is 41.7. The Kier molecular flexibility index (Phi) is 12.1. The van der Waals surface area contributed by atoms with Crippen LogP contribution in [0.3, 0.4) is 0 Å². The number of sulfone groups is 2. The molecule has 0 saturated heterocycles. The van der Waals surface area contributed by atoms with E-state index in [4.69, 9.17) is 0 Å². The second-order valence-corrected chi connectivity index (χ2v) is 18.6. The molecule has 8 rings (SSSR count). The number of pyridine rings is 2. The Labute approximate surface area is 348 Å². The molecule has 2 amide bonds. The third-order valence-electron chi connectivity index (χ3n) is 8.58. The molecule has 0 saturated carbocycles. The number of nitrogens with zero attached hydrogens (tertiary/aromatic N) is 4. The minimum absolute atomic E-state index is 0.0720. The number of carbonyl (C=O) groups is 2. The Hall–Kier alpha value is -6.48. The van der Waals surface area contributed by atoms with Crippen molar-refractivity contribution in [1.82, 2.24) is 30.0 Å². The van der Waals surface area contributed by atoms with Crippen LogP contribution in [-0.4, -0.2) is 54.4 Å². The summed E-state index contributed by atoms with van der Waals surface area (Å²) in [5, 5.41) is 8.19. The van der Waals surface area contributed by atoms with E-state index in [1.165, 1.54) is 66.1 Å². The number of nitrogens with one attached hydrogen (secondary N) is 2. The van der Waals surface area contributed by atoms with Gasteiger partial charge in [0.05, 0.1) is 24.9 Å². The molecule has 13 nitrogen and oxygen atoms in total. The first-order valence-electron chi connectivity index (χ1n) is 17.4. The van der Waals surface area contributed by atoms with E-state index >= 15 is 0 Å². The van der Waals surface area contributed by atoms with Gasteiger partial charge < -0.3 is 19.8 Å².